The molecule has 0 bridgehead atoms. The van der Waals surface area contributed by atoms with Crippen LogP contribution < -0.4 is 9.80 Å². The van der Waals surface area contributed by atoms with Crippen LogP contribution in [0, 0.1) is 10.1 Å². The molecule has 4 rings (SSSR count). The largest absolute Gasteiger partial charge is 0.366 e. The van der Waals surface area contributed by atoms with E-state index in [-0.39, 0.29) is 16.5 Å². The van der Waals surface area contributed by atoms with Crippen molar-refractivity contribution in [3.05, 3.63) is 63.7 Å². The smallest absolute Gasteiger partial charge is 0.293 e. The summed E-state index contributed by atoms with van der Waals surface area (Å²) >= 11 is 0. The van der Waals surface area contributed by atoms with Crippen LogP contribution in [0.3, 0.4) is 0 Å². The molecule has 1 saturated heterocycles. The molecule has 2 aliphatic rings. The molecule has 0 aromatic heterocycles. The second kappa shape index (κ2) is 6.78. The van der Waals surface area contributed by atoms with Gasteiger partial charge in [0.15, 0.2) is 0 Å². The highest BCUT2D eigenvalue weighted by Crippen LogP contribution is 2.33. The van der Waals surface area contributed by atoms with Crippen LogP contribution >= 0.6 is 0 Å². The summed E-state index contributed by atoms with van der Waals surface area (Å²) in [6, 6.07) is 12.8. The minimum Gasteiger partial charge on any atom is -0.366 e. The van der Waals surface area contributed by atoms with E-state index in [1.807, 2.05) is 29.2 Å². The fourth-order valence-corrected chi connectivity index (χ4v) is 3.93. The van der Waals surface area contributed by atoms with Crippen molar-refractivity contribution in [3.8, 4) is 0 Å². The molecule has 2 aromatic rings. The second-order valence-corrected chi connectivity index (χ2v) is 6.84. The third-order valence-corrected chi connectivity index (χ3v) is 5.22. The molecule has 0 spiro atoms. The zero-order chi connectivity index (χ0) is 18.1. The van der Waals surface area contributed by atoms with E-state index in [1.54, 1.807) is 17.0 Å². The molecule has 6 nitrogen and oxygen atoms in total. The maximum Gasteiger partial charge on any atom is 0.293 e. The van der Waals surface area contributed by atoms with Crippen LogP contribution in [0.15, 0.2) is 42.5 Å². The Morgan fingerprint density at radius 3 is 2.50 bits per heavy atom. The lowest BCUT2D eigenvalue weighted by atomic mass is 10.0. The number of nitro benzene ring substituents is 1. The average Bonchev–Trinajstić information content (AvgIpc) is 3.21. The van der Waals surface area contributed by atoms with Crippen LogP contribution in [0.1, 0.15) is 35.2 Å². The molecule has 1 fully saturated rings. The van der Waals surface area contributed by atoms with E-state index in [0.29, 0.717) is 17.8 Å². The molecule has 0 unspecified atom stereocenters. The number of fused-ring (bicyclic) bond motifs is 1. The van der Waals surface area contributed by atoms with Crippen LogP contribution in [0.2, 0.25) is 0 Å². The predicted octanol–water partition coefficient (Wildman–Crippen LogP) is 3.79. The normalized spacial score (nSPS) is 16.5. The first kappa shape index (κ1) is 16.6. The van der Waals surface area contributed by atoms with Crippen molar-refractivity contribution < 1.29 is 9.72 Å². The Hall–Kier alpha value is -2.89. The lowest BCUT2D eigenvalue weighted by Gasteiger charge is -2.29. The van der Waals surface area contributed by atoms with Gasteiger partial charge in [-0.2, -0.15) is 0 Å². The van der Waals surface area contributed by atoms with Crippen molar-refractivity contribution in [3.63, 3.8) is 0 Å². The van der Waals surface area contributed by atoms with E-state index in [9.17, 15) is 14.9 Å². The van der Waals surface area contributed by atoms with E-state index >= 15 is 0 Å². The van der Waals surface area contributed by atoms with Gasteiger partial charge in [-0.3, -0.25) is 14.9 Å². The van der Waals surface area contributed by atoms with Gasteiger partial charge in [0.05, 0.1) is 4.92 Å². The third kappa shape index (κ3) is 2.92. The predicted molar refractivity (Wildman–Crippen MR) is 101 cm³/mol. The Labute approximate surface area is 152 Å². The summed E-state index contributed by atoms with van der Waals surface area (Å²) in [5, 5.41) is 11.6. The van der Waals surface area contributed by atoms with Gasteiger partial charge < -0.3 is 9.80 Å². The number of hydrogen-bond acceptors (Lipinski definition) is 4. The molecule has 26 heavy (non-hydrogen) atoms. The average molecular weight is 351 g/mol. The van der Waals surface area contributed by atoms with Crippen LogP contribution in [-0.4, -0.2) is 30.5 Å². The Balaban J connectivity index is 1.69. The van der Waals surface area contributed by atoms with Crippen LogP contribution in [-0.2, 0) is 6.42 Å². The van der Waals surface area contributed by atoms with Crippen molar-refractivity contribution in [2.45, 2.75) is 25.7 Å². The van der Waals surface area contributed by atoms with E-state index in [1.165, 1.54) is 6.07 Å². The summed E-state index contributed by atoms with van der Waals surface area (Å²) in [6.07, 6.45) is 3.94. The summed E-state index contributed by atoms with van der Waals surface area (Å²) in [5.74, 6) is -0.173. The zero-order valence-corrected chi connectivity index (χ0v) is 14.6. The molecule has 2 heterocycles. The van der Waals surface area contributed by atoms with Gasteiger partial charge in [-0.25, -0.2) is 0 Å². The Morgan fingerprint density at radius 2 is 1.73 bits per heavy atom. The molecule has 2 aliphatic heterocycles. The lowest BCUT2D eigenvalue weighted by molar-refractivity contribution is -0.384. The molecule has 2 aromatic carbocycles. The first-order valence-electron chi connectivity index (χ1n) is 9.08. The number of hydrogen-bond donors (Lipinski definition) is 0. The molecule has 0 atom stereocenters. The van der Waals surface area contributed by atoms with Crippen molar-refractivity contribution in [1.29, 1.82) is 0 Å². The maximum absolute atomic E-state index is 13.1. The lowest BCUT2D eigenvalue weighted by Crippen LogP contribution is -2.35. The summed E-state index contributed by atoms with van der Waals surface area (Å²) in [5.41, 5.74) is 3.06. The fraction of sp³-hybridized carbons (Fsp3) is 0.350. The number of anilines is 2. The topological polar surface area (TPSA) is 66.7 Å². The van der Waals surface area contributed by atoms with E-state index in [0.717, 1.165) is 50.0 Å². The van der Waals surface area contributed by atoms with Crippen molar-refractivity contribution in [2.75, 3.05) is 29.4 Å². The van der Waals surface area contributed by atoms with Crippen molar-refractivity contribution >= 4 is 23.0 Å². The fourth-order valence-electron chi connectivity index (χ4n) is 3.93. The SMILES string of the molecule is O=C(c1ccc(N2CCCC2)c([N+](=O)[O-])c1)N1CCCc2ccccc21. The van der Waals surface area contributed by atoms with Gasteiger partial charge in [0, 0.05) is 37.0 Å². The minimum absolute atomic E-state index is 0.0167. The number of nitrogens with zero attached hydrogens (tertiary/aromatic N) is 3. The number of para-hydroxylation sites is 1. The van der Waals surface area contributed by atoms with Gasteiger partial charge >= 0.3 is 0 Å². The van der Waals surface area contributed by atoms with Gasteiger partial charge in [-0.05, 0) is 49.4 Å². The number of rotatable bonds is 3. The first-order valence-corrected chi connectivity index (χ1v) is 9.08. The van der Waals surface area contributed by atoms with E-state index < -0.39 is 0 Å². The molecular weight excluding hydrogens is 330 g/mol. The van der Waals surface area contributed by atoms with Gasteiger partial charge in [-0.15, -0.1) is 0 Å². The minimum atomic E-state index is -0.380. The van der Waals surface area contributed by atoms with Crippen LogP contribution in [0.5, 0.6) is 0 Å². The number of aryl methyl sites for hydroxylation is 1. The molecule has 134 valence electrons. The number of nitro groups is 1. The Morgan fingerprint density at radius 1 is 0.962 bits per heavy atom. The van der Waals surface area contributed by atoms with Crippen LogP contribution in [0.4, 0.5) is 17.1 Å². The summed E-state index contributed by atoms with van der Waals surface area (Å²) < 4.78 is 0. The van der Waals surface area contributed by atoms with Gasteiger partial charge in [0.1, 0.15) is 5.69 Å². The molecule has 0 aliphatic carbocycles. The molecular formula is C20H21N3O3. The number of amides is 1. The van der Waals surface area contributed by atoms with Crippen molar-refractivity contribution in [2.24, 2.45) is 0 Å². The Bertz CT molecular complexity index is 859. The molecule has 1 amide bonds. The van der Waals surface area contributed by atoms with E-state index in [2.05, 4.69) is 0 Å². The molecule has 0 radical (unpaired) electrons. The number of carbonyl (C=O) groups is 1. The standard InChI is InChI=1S/C20H21N3O3/c24-20(22-13-5-7-15-6-1-2-8-17(15)22)16-9-10-18(19(14-16)23(25)26)21-11-3-4-12-21/h1-2,6,8-10,14H,3-5,7,11-13H2. The summed E-state index contributed by atoms with van der Waals surface area (Å²) in [7, 11) is 0. The van der Waals surface area contributed by atoms with E-state index in [4.69, 9.17) is 0 Å². The highest BCUT2D eigenvalue weighted by Gasteiger charge is 2.27. The van der Waals surface area contributed by atoms with Gasteiger partial charge in [0.25, 0.3) is 11.6 Å². The van der Waals surface area contributed by atoms with Crippen LogP contribution in [0.25, 0.3) is 0 Å². The molecule has 0 N–H and O–H groups in total. The molecule has 0 saturated carbocycles. The molecule has 6 heteroatoms. The summed E-state index contributed by atoms with van der Waals surface area (Å²) in [4.78, 5) is 28.0. The second-order valence-electron chi connectivity index (χ2n) is 6.84. The monoisotopic (exact) mass is 351 g/mol. The maximum atomic E-state index is 13.1. The van der Waals surface area contributed by atoms with Crippen molar-refractivity contribution in [1.82, 2.24) is 0 Å². The van der Waals surface area contributed by atoms with Gasteiger partial charge in [0.2, 0.25) is 0 Å². The quantitative estimate of drug-likeness (QED) is 0.623. The third-order valence-electron chi connectivity index (χ3n) is 5.22. The Kier molecular flexibility index (Phi) is 4.32. The number of benzene rings is 2. The highest BCUT2D eigenvalue weighted by molar-refractivity contribution is 6.07. The highest BCUT2D eigenvalue weighted by atomic mass is 16.6. The zero-order valence-electron chi connectivity index (χ0n) is 14.6. The first-order chi connectivity index (χ1) is 12.6. The van der Waals surface area contributed by atoms with Gasteiger partial charge in [-0.1, -0.05) is 18.2 Å². The number of carbonyl (C=O) groups excluding carboxylic acids is 1. The summed E-state index contributed by atoms with van der Waals surface area (Å²) in [6.45, 7) is 2.29.